The molecule has 1 aromatic carbocycles. The van der Waals surface area contributed by atoms with E-state index in [1.807, 2.05) is 37.3 Å². The van der Waals surface area contributed by atoms with Gasteiger partial charge in [0, 0.05) is 19.5 Å². The highest BCUT2D eigenvalue weighted by Gasteiger charge is 2.32. The molecule has 1 saturated heterocycles. The molecule has 1 N–H and O–H groups in total. The van der Waals surface area contributed by atoms with Crippen molar-refractivity contribution in [2.45, 2.75) is 38.8 Å². The molecule has 0 bridgehead atoms. The van der Waals surface area contributed by atoms with Crippen LogP contribution in [0.25, 0.3) is 0 Å². The molecule has 0 unspecified atom stereocenters. The van der Waals surface area contributed by atoms with Gasteiger partial charge < -0.3 is 10.2 Å². The van der Waals surface area contributed by atoms with Crippen LogP contribution in [0.2, 0.25) is 0 Å². The van der Waals surface area contributed by atoms with Crippen molar-refractivity contribution in [2.24, 2.45) is 0 Å². The molecule has 0 spiro atoms. The number of hydrogen-bond donors (Lipinski definition) is 1. The maximum absolute atomic E-state index is 12.1. The van der Waals surface area contributed by atoms with E-state index < -0.39 is 0 Å². The Bertz CT molecular complexity index is 445. The lowest BCUT2D eigenvalue weighted by Gasteiger charge is -2.23. The van der Waals surface area contributed by atoms with E-state index in [9.17, 15) is 9.59 Å². The average molecular weight is 260 g/mol. The van der Waals surface area contributed by atoms with Crippen LogP contribution in [0.3, 0.4) is 0 Å². The smallest absolute Gasteiger partial charge is 0.243 e. The van der Waals surface area contributed by atoms with Crippen molar-refractivity contribution in [3.05, 3.63) is 35.9 Å². The zero-order valence-corrected chi connectivity index (χ0v) is 11.3. The molecule has 4 heteroatoms. The van der Waals surface area contributed by atoms with Crippen LogP contribution >= 0.6 is 0 Å². The zero-order valence-electron chi connectivity index (χ0n) is 11.3. The van der Waals surface area contributed by atoms with Gasteiger partial charge in [0.15, 0.2) is 0 Å². The molecule has 1 atom stereocenters. The average Bonchev–Trinajstić information content (AvgIpc) is 2.94. The van der Waals surface area contributed by atoms with Crippen molar-refractivity contribution in [2.75, 3.05) is 6.54 Å². The minimum Gasteiger partial charge on any atom is -0.350 e. The lowest BCUT2D eigenvalue weighted by molar-refractivity contribution is -0.138. The minimum absolute atomic E-state index is 0.0387. The normalized spacial score (nSPS) is 18.4. The van der Waals surface area contributed by atoms with Gasteiger partial charge in [0.2, 0.25) is 11.8 Å². The second kappa shape index (κ2) is 6.36. The molecular weight excluding hydrogens is 240 g/mol. The molecule has 1 heterocycles. The Morgan fingerprint density at radius 1 is 1.32 bits per heavy atom. The van der Waals surface area contributed by atoms with Crippen molar-refractivity contribution >= 4 is 11.8 Å². The van der Waals surface area contributed by atoms with Crippen LogP contribution in [-0.2, 0) is 16.1 Å². The summed E-state index contributed by atoms with van der Waals surface area (Å²) in [6, 6.07) is 9.52. The molecule has 4 nitrogen and oxygen atoms in total. The maximum atomic E-state index is 12.1. The Balaban J connectivity index is 1.90. The van der Waals surface area contributed by atoms with E-state index in [2.05, 4.69) is 5.32 Å². The van der Waals surface area contributed by atoms with Crippen LogP contribution in [0.1, 0.15) is 31.7 Å². The van der Waals surface area contributed by atoms with Crippen molar-refractivity contribution in [3.8, 4) is 0 Å². The number of hydrogen-bond acceptors (Lipinski definition) is 2. The number of nitrogens with zero attached hydrogens (tertiary/aromatic N) is 1. The fraction of sp³-hybridized carbons (Fsp3) is 0.467. The van der Waals surface area contributed by atoms with E-state index in [0.717, 1.165) is 18.4 Å². The van der Waals surface area contributed by atoms with Crippen LogP contribution in [0, 0.1) is 0 Å². The van der Waals surface area contributed by atoms with Gasteiger partial charge in [-0.05, 0) is 18.4 Å². The predicted molar refractivity (Wildman–Crippen MR) is 73.3 cm³/mol. The lowest BCUT2D eigenvalue weighted by Crippen LogP contribution is -2.45. The summed E-state index contributed by atoms with van der Waals surface area (Å²) in [4.78, 5) is 25.6. The highest BCUT2D eigenvalue weighted by atomic mass is 16.2. The number of benzene rings is 1. The third-order valence-corrected chi connectivity index (χ3v) is 3.49. The van der Waals surface area contributed by atoms with Crippen LogP contribution in [0.15, 0.2) is 30.3 Å². The molecule has 2 amide bonds. The molecule has 0 aliphatic carbocycles. The second-order valence-corrected chi connectivity index (χ2v) is 4.80. The Hall–Kier alpha value is -1.84. The van der Waals surface area contributed by atoms with Crippen molar-refractivity contribution < 1.29 is 9.59 Å². The molecule has 1 aliphatic rings. The third-order valence-electron chi connectivity index (χ3n) is 3.49. The van der Waals surface area contributed by atoms with E-state index in [4.69, 9.17) is 0 Å². The van der Waals surface area contributed by atoms with E-state index in [0.29, 0.717) is 19.5 Å². The topological polar surface area (TPSA) is 49.4 Å². The Kier molecular flexibility index (Phi) is 4.55. The van der Waals surface area contributed by atoms with Gasteiger partial charge in [0.05, 0.1) is 0 Å². The fourth-order valence-corrected chi connectivity index (χ4v) is 2.44. The molecule has 1 aromatic rings. The van der Waals surface area contributed by atoms with Crippen molar-refractivity contribution in [3.63, 3.8) is 0 Å². The van der Waals surface area contributed by atoms with Gasteiger partial charge in [-0.15, -0.1) is 0 Å². The van der Waals surface area contributed by atoms with E-state index in [1.165, 1.54) is 0 Å². The van der Waals surface area contributed by atoms with Gasteiger partial charge in [0.25, 0.3) is 0 Å². The van der Waals surface area contributed by atoms with E-state index >= 15 is 0 Å². The zero-order chi connectivity index (χ0) is 13.7. The monoisotopic (exact) mass is 260 g/mol. The first-order chi connectivity index (χ1) is 9.22. The van der Waals surface area contributed by atoms with Gasteiger partial charge in [-0.2, -0.15) is 0 Å². The molecule has 0 saturated carbocycles. The Morgan fingerprint density at radius 2 is 2.05 bits per heavy atom. The first-order valence-corrected chi connectivity index (χ1v) is 6.83. The molecule has 102 valence electrons. The summed E-state index contributed by atoms with van der Waals surface area (Å²) in [5, 5.41) is 2.92. The summed E-state index contributed by atoms with van der Waals surface area (Å²) in [6.07, 6.45) is 2.14. The number of carbonyl (C=O) groups excluding carboxylic acids is 2. The van der Waals surface area contributed by atoms with Gasteiger partial charge in [-0.1, -0.05) is 37.3 Å². The van der Waals surface area contributed by atoms with Gasteiger partial charge >= 0.3 is 0 Å². The minimum atomic E-state index is -0.281. The first-order valence-electron chi connectivity index (χ1n) is 6.83. The number of carbonyl (C=O) groups is 2. The molecule has 1 aliphatic heterocycles. The number of amides is 2. The molecular formula is C15H20N2O2. The van der Waals surface area contributed by atoms with E-state index in [-0.39, 0.29) is 17.9 Å². The second-order valence-electron chi connectivity index (χ2n) is 4.80. The first kappa shape index (κ1) is 13.6. The maximum Gasteiger partial charge on any atom is 0.243 e. The van der Waals surface area contributed by atoms with Gasteiger partial charge in [-0.3, -0.25) is 9.59 Å². The number of nitrogens with one attached hydrogen (secondary N) is 1. The van der Waals surface area contributed by atoms with Gasteiger partial charge in [-0.25, -0.2) is 0 Å². The summed E-state index contributed by atoms with van der Waals surface area (Å²) in [5.74, 6) is 0.0283. The largest absolute Gasteiger partial charge is 0.350 e. The SMILES string of the molecule is CCC(=O)N1CCC[C@H]1C(=O)NCc1ccccc1. The number of rotatable bonds is 4. The Labute approximate surface area is 113 Å². The summed E-state index contributed by atoms with van der Waals surface area (Å²) >= 11 is 0. The van der Waals surface area contributed by atoms with Crippen molar-refractivity contribution in [1.82, 2.24) is 10.2 Å². The van der Waals surface area contributed by atoms with Crippen LogP contribution in [-0.4, -0.2) is 29.3 Å². The van der Waals surface area contributed by atoms with Crippen LogP contribution < -0.4 is 5.32 Å². The quantitative estimate of drug-likeness (QED) is 0.896. The standard InChI is InChI=1S/C15H20N2O2/c1-2-14(18)17-10-6-9-13(17)15(19)16-11-12-7-4-3-5-8-12/h3-5,7-8,13H,2,6,9-11H2,1H3,(H,16,19)/t13-/m0/s1. The fourth-order valence-electron chi connectivity index (χ4n) is 2.44. The highest BCUT2D eigenvalue weighted by molar-refractivity contribution is 5.88. The summed E-state index contributed by atoms with van der Waals surface area (Å²) in [7, 11) is 0. The number of likely N-dealkylation sites (tertiary alicyclic amines) is 1. The Morgan fingerprint density at radius 3 is 2.74 bits per heavy atom. The summed E-state index contributed by atoms with van der Waals surface area (Å²) < 4.78 is 0. The molecule has 19 heavy (non-hydrogen) atoms. The predicted octanol–water partition coefficient (Wildman–Crippen LogP) is 1.70. The molecule has 0 aromatic heterocycles. The van der Waals surface area contributed by atoms with Crippen LogP contribution in [0.4, 0.5) is 0 Å². The van der Waals surface area contributed by atoms with Crippen LogP contribution in [0.5, 0.6) is 0 Å². The summed E-state index contributed by atoms with van der Waals surface area (Å²) in [6.45, 7) is 3.06. The molecule has 0 radical (unpaired) electrons. The molecule has 1 fully saturated rings. The highest BCUT2D eigenvalue weighted by Crippen LogP contribution is 2.18. The molecule has 2 rings (SSSR count). The third kappa shape index (κ3) is 3.34. The van der Waals surface area contributed by atoms with E-state index in [1.54, 1.807) is 4.90 Å². The van der Waals surface area contributed by atoms with Crippen molar-refractivity contribution in [1.29, 1.82) is 0 Å². The lowest BCUT2D eigenvalue weighted by atomic mass is 10.2. The summed E-state index contributed by atoms with van der Waals surface area (Å²) in [5.41, 5.74) is 1.07. The van der Waals surface area contributed by atoms with Gasteiger partial charge in [0.1, 0.15) is 6.04 Å².